The Hall–Kier alpha value is -5.33. The van der Waals surface area contributed by atoms with Gasteiger partial charge in [0.25, 0.3) is 11.5 Å². The largest absolute Gasteiger partial charge is 0.493 e. The van der Waals surface area contributed by atoms with Crippen molar-refractivity contribution in [3.05, 3.63) is 106 Å². The van der Waals surface area contributed by atoms with Crippen molar-refractivity contribution in [1.82, 2.24) is 24.6 Å². The highest BCUT2D eigenvalue weighted by Gasteiger charge is 2.18. The first-order chi connectivity index (χ1) is 23.3. The number of methoxy groups -OCH3 is 1. The first kappa shape index (κ1) is 32.6. The molecular weight excluding hydrogens is 615 g/mol. The van der Waals surface area contributed by atoms with E-state index in [9.17, 15) is 9.59 Å². The van der Waals surface area contributed by atoms with Crippen molar-refractivity contribution in [2.24, 2.45) is 0 Å². The molecule has 2 aromatic heterocycles. The maximum atomic E-state index is 15.3. The van der Waals surface area contributed by atoms with Gasteiger partial charge in [-0.3, -0.25) is 14.6 Å². The van der Waals surface area contributed by atoms with Gasteiger partial charge in [0.2, 0.25) is 0 Å². The molecule has 0 aliphatic carbocycles. The molecule has 3 heterocycles. The summed E-state index contributed by atoms with van der Waals surface area (Å²) in [6, 6.07) is 19.4. The number of rotatable bonds is 11. The predicted octanol–water partition coefficient (Wildman–Crippen LogP) is 5.30. The molecule has 3 aromatic carbocycles. The molecule has 11 nitrogen and oxygen atoms in total. The number of amides is 1. The first-order valence-electron chi connectivity index (χ1n) is 15.7. The van der Waals surface area contributed by atoms with Gasteiger partial charge in [-0.25, -0.2) is 4.39 Å². The van der Waals surface area contributed by atoms with E-state index in [1.807, 2.05) is 6.07 Å². The second-order valence-corrected chi connectivity index (χ2v) is 11.6. The molecule has 248 valence electrons. The lowest BCUT2D eigenvalue weighted by Gasteiger charge is -2.32. The van der Waals surface area contributed by atoms with Gasteiger partial charge < -0.3 is 29.3 Å². The van der Waals surface area contributed by atoms with Crippen LogP contribution in [0.1, 0.15) is 22.5 Å². The third kappa shape index (κ3) is 7.45. The summed E-state index contributed by atoms with van der Waals surface area (Å²) in [5, 5.41) is 7.55. The zero-order valence-corrected chi connectivity index (χ0v) is 27.1. The maximum Gasteiger partial charge on any atom is 0.276 e. The number of nitrogens with one attached hydrogen (secondary N) is 1. The number of likely N-dealkylation sites (N-methyl/N-ethyl adjacent to an activating group) is 1. The Morgan fingerprint density at radius 3 is 2.48 bits per heavy atom. The van der Waals surface area contributed by atoms with Crippen LogP contribution in [0.3, 0.4) is 0 Å². The molecule has 1 aliphatic heterocycles. The lowest BCUT2D eigenvalue weighted by atomic mass is 10.1. The fourth-order valence-corrected chi connectivity index (χ4v) is 5.52. The van der Waals surface area contributed by atoms with E-state index in [1.54, 1.807) is 62.7 Å². The van der Waals surface area contributed by atoms with Crippen molar-refractivity contribution in [2.75, 3.05) is 58.8 Å². The van der Waals surface area contributed by atoms with E-state index >= 15 is 4.39 Å². The standard InChI is InChI=1S/C36H37FN6O5/c1-24-20-34(44)43(26-8-5-4-6-9-26)40-35(24)36(45)39-25-10-11-31(28(37)21-25)48-30-12-13-38-29-23-33(32(46-3)22-27(29)30)47-19-7-14-42-17-15-41(2)16-18-42/h4-6,8-13,20-23H,7,14-19H2,1-3H3,(H,39,45). The van der Waals surface area contributed by atoms with Crippen molar-refractivity contribution in [2.45, 2.75) is 13.3 Å². The lowest BCUT2D eigenvalue weighted by molar-refractivity contribution is 0.102. The predicted molar refractivity (Wildman–Crippen MR) is 181 cm³/mol. The van der Waals surface area contributed by atoms with Crippen molar-refractivity contribution in [3.8, 4) is 28.7 Å². The quantitative estimate of drug-likeness (QED) is 0.190. The average molecular weight is 653 g/mol. The highest BCUT2D eigenvalue weighted by Crippen LogP contribution is 2.38. The number of ether oxygens (including phenoxy) is 3. The Labute approximate surface area is 277 Å². The SMILES string of the molecule is COc1cc2c(Oc3ccc(NC(=O)c4nn(-c5ccccc5)c(=O)cc4C)cc3F)ccnc2cc1OCCCN1CCN(C)CC1. The average Bonchev–Trinajstić information content (AvgIpc) is 3.08. The van der Waals surface area contributed by atoms with Gasteiger partial charge in [0, 0.05) is 68.2 Å². The second kappa shape index (κ2) is 14.6. The number of benzene rings is 3. The molecule has 1 saturated heterocycles. The molecule has 0 atom stereocenters. The number of hydrogen-bond acceptors (Lipinski definition) is 9. The molecule has 48 heavy (non-hydrogen) atoms. The number of anilines is 1. The number of nitrogens with zero attached hydrogens (tertiary/aromatic N) is 5. The van der Waals surface area contributed by atoms with E-state index in [0.29, 0.717) is 46.0 Å². The highest BCUT2D eigenvalue weighted by atomic mass is 19.1. The van der Waals surface area contributed by atoms with Crippen LogP contribution in [0.15, 0.2) is 83.8 Å². The fraction of sp³-hybridized carbons (Fsp3) is 0.278. The Morgan fingerprint density at radius 1 is 0.938 bits per heavy atom. The van der Waals surface area contributed by atoms with Crippen LogP contribution in [-0.4, -0.2) is 84.0 Å². The van der Waals surface area contributed by atoms with Crippen molar-refractivity contribution in [1.29, 1.82) is 0 Å². The number of aromatic nitrogens is 3. The summed E-state index contributed by atoms with van der Waals surface area (Å²) in [5.74, 6) is 0.136. The number of piperazine rings is 1. The third-order valence-corrected chi connectivity index (χ3v) is 8.21. The number of pyridine rings is 1. The normalized spacial score (nSPS) is 13.8. The van der Waals surface area contributed by atoms with Crippen LogP contribution in [0.25, 0.3) is 16.6 Å². The molecule has 5 aromatic rings. The minimum absolute atomic E-state index is 0.0368. The van der Waals surface area contributed by atoms with Crippen molar-refractivity contribution < 1.29 is 23.4 Å². The van der Waals surface area contributed by atoms with E-state index in [-0.39, 0.29) is 22.7 Å². The van der Waals surface area contributed by atoms with Crippen LogP contribution in [-0.2, 0) is 0 Å². The van der Waals surface area contributed by atoms with E-state index in [2.05, 4.69) is 32.2 Å². The number of halogens is 1. The highest BCUT2D eigenvalue weighted by molar-refractivity contribution is 6.03. The molecule has 0 spiro atoms. The summed E-state index contributed by atoms with van der Waals surface area (Å²) in [5.41, 5.74) is 1.37. The number of aryl methyl sites for hydroxylation is 1. The molecule has 1 amide bonds. The van der Waals surface area contributed by atoms with Crippen LogP contribution >= 0.6 is 0 Å². The molecule has 1 N–H and O–H groups in total. The molecule has 12 heteroatoms. The van der Waals surface area contributed by atoms with Crippen LogP contribution in [0.5, 0.6) is 23.0 Å². The minimum atomic E-state index is -0.691. The van der Waals surface area contributed by atoms with Crippen LogP contribution < -0.4 is 25.1 Å². The van der Waals surface area contributed by atoms with Gasteiger partial charge in [-0.05, 0) is 62.4 Å². The Balaban J connectivity index is 1.14. The number of fused-ring (bicyclic) bond motifs is 1. The van der Waals surface area contributed by atoms with Gasteiger partial charge in [-0.15, -0.1) is 0 Å². The summed E-state index contributed by atoms with van der Waals surface area (Å²) in [6.45, 7) is 7.39. The van der Waals surface area contributed by atoms with Crippen molar-refractivity contribution >= 4 is 22.5 Å². The smallest absolute Gasteiger partial charge is 0.276 e. The monoisotopic (exact) mass is 652 g/mol. The summed E-state index contributed by atoms with van der Waals surface area (Å²) in [4.78, 5) is 34.9. The number of carbonyl (C=O) groups excluding carboxylic acids is 1. The first-order valence-corrected chi connectivity index (χ1v) is 15.7. The minimum Gasteiger partial charge on any atom is -0.493 e. The summed E-state index contributed by atoms with van der Waals surface area (Å²) in [7, 11) is 3.71. The molecule has 0 bridgehead atoms. The second-order valence-electron chi connectivity index (χ2n) is 11.6. The lowest BCUT2D eigenvalue weighted by Crippen LogP contribution is -2.44. The van der Waals surface area contributed by atoms with Gasteiger partial charge in [0.1, 0.15) is 5.75 Å². The Bertz CT molecular complexity index is 1980. The van der Waals surface area contributed by atoms with Crippen LogP contribution in [0.2, 0.25) is 0 Å². The van der Waals surface area contributed by atoms with E-state index in [4.69, 9.17) is 14.2 Å². The Morgan fingerprint density at radius 2 is 1.73 bits per heavy atom. The molecule has 1 aliphatic rings. The molecule has 0 radical (unpaired) electrons. The van der Waals surface area contributed by atoms with Crippen molar-refractivity contribution in [3.63, 3.8) is 0 Å². The van der Waals surface area contributed by atoms with E-state index in [0.717, 1.165) is 49.9 Å². The third-order valence-electron chi connectivity index (χ3n) is 8.21. The molecule has 6 rings (SSSR count). The summed E-state index contributed by atoms with van der Waals surface area (Å²) < 4.78 is 34.2. The van der Waals surface area contributed by atoms with Gasteiger partial charge in [0.15, 0.2) is 28.8 Å². The zero-order chi connectivity index (χ0) is 33.6. The molecular formula is C36H37FN6O5. The van der Waals surface area contributed by atoms with Crippen LogP contribution in [0, 0.1) is 12.7 Å². The molecule has 1 fully saturated rings. The number of para-hydroxylation sites is 1. The van der Waals surface area contributed by atoms with E-state index in [1.165, 1.54) is 18.2 Å². The maximum absolute atomic E-state index is 15.3. The summed E-state index contributed by atoms with van der Waals surface area (Å²) in [6.07, 6.45) is 2.46. The van der Waals surface area contributed by atoms with Gasteiger partial charge in [-0.2, -0.15) is 9.78 Å². The van der Waals surface area contributed by atoms with E-state index < -0.39 is 11.7 Å². The molecule has 0 saturated carbocycles. The fourth-order valence-electron chi connectivity index (χ4n) is 5.52. The van der Waals surface area contributed by atoms with Crippen LogP contribution in [0.4, 0.5) is 10.1 Å². The molecule has 0 unspecified atom stereocenters. The van der Waals surface area contributed by atoms with Gasteiger partial charge >= 0.3 is 0 Å². The number of hydrogen-bond donors (Lipinski definition) is 1. The van der Waals surface area contributed by atoms with Gasteiger partial charge in [-0.1, -0.05) is 18.2 Å². The topological polar surface area (TPSA) is 111 Å². The zero-order valence-electron chi connectivity index (χ0n) is 27.1. The Kier molecular flexibility index (Phi) is 9.93. The summed E-state index contributed by atoms with van der Waals surface area (Å²) >= 11 is 0. The van der Waals surface area contributed by atoms with Gasteiger partial charge in [0.05, 0.1) is 24.9 Å². The number of carbonyl (C=O) groups is 1.